The molecule has 0 saturated heterocycles. The highest BCUT2D eigenvalue weighted by atomic mass is 16.5. The first kappa shape index (κ1) is 39.6. The van der Waals surface area contributed by atoms with Crippen molar-refractivity contribution in [1.82, 2.24) is 15.0 Å². The van der Waals surface area contributed by atoms with E-state index in [2.05, 4.69) is 187 Å². The first-order chi connectivity index (χ1) is 35.2. The molecule has 11 aromatic rings. The fraction of sp³-hybridized carbons (Fsp3) is 0.0308. The van der Waals surface area contributed by atoms with Crippen molar-refractivity contribution in [2.75, 3.05) is 4.90 Å². The van der Waals surface area contributed by atoms with Crippen LogP contribution in [0.5, 0.6) is 23.0 Å². The molecule has 0 N–H and O–H groups in total. The molecular formula is C65H40N4O2. The maximum absolute atomic E-state index is 7.77. The molecule has 0 saturated carbocycles. The Morgan fingerprint density at radius 2 is 0.648 bits per heavy atom. The highest BCUT2D eigenvalue weighted by Crippen LogP contribution is 2.67. The van der Waals surface area contributed by atoms with Gasteiger partial charge in [0.2, 0.25) is 0 Å². The van der Waals surface area contributed by atoms with Gasteiger partial charge in [0.15, 0.2) is 23.2 Å². The number of aromatic nitrogens is 3. The van der Waals surface area contributed by atoms with Gasteiger partial charge in [-0.25, -0.2) is 15.0 Å². The van der Waals surface area contributed by atoms with E-state index in [0.717, 1.165) is 84.4 Å². The summed E-state index contributed by atoms with van der Waals surface area (Å²) in [5.74, 6) is 4.84. The number of anilines is 3. The number of hydrogen-bond acceptors (Lipinski definition) is 6. The monoisotopic (exact) mass is 908 g/mol. The summed E-state index contributed by atoms with van der Waals surface area (Å²) < 4.78 is 14.5. The van der Waals surface area contributed by atoms with E-state index in [9.17, 15) is 0 Å². The van der Waals surface area contributed by atoms with Crippen LogP contribution >= 0.6 is 0 Å². The molecule has 6 heteroatoms. The Hall–Kier alpha value is -9.39. The van der Waals surface area contributed by atoms with Crippen molar-refractivity contribution >= 4 is 17.1 Å². The summed E-state index contributed by atoms with van der Waals surface area (Å²) in [6, 6.07) is 85.9. The third-order valence-electron chi connectivity index (χ3n) is 15.1. The zero-order valence-corrected chi connectivity index (χ0v) is 38.2. The molecule has 0 atom stereocenters. The van der Waals surface area contributed by atoms with Crippen molar-refractivity contribution in [1.29, 1.82) is 0 Å². The zero-order chi connectivity index (χ0) is 46.7. The van der Waals surface area contributed by atoms with Crippen LogP contribution in [0.1, 0.15) is 44.5 Å². The standard InChI is InChI=1S/C65H40N4O2/c1-3-21-41(22-4-1)61-66-62(42-23-5-2-6-24-42)68-63(67-61)45-27-19-34-52-59(45)71-60-53(64(52)46-28-9-7-25-43(46)44-26-8-10-29-47(44)64)35-20-38-56(60)69-54-36-15-11-30-48(54)65(49-31-12-16-37-55(49)69)50-32-13-17-39-57(50)70-58-40-18-14-33-51(58)65/h1-40H. The van der Waals surface area contributed by atoms with E-state index in [-0.39, 0.29) is 0 Å². The first-order valence-electron chi connectivity index (χ1n) is 24.1. The summed E-state index contributed by atoms with van der Waals surface area (Å²) in [6.45, 7) is 0. The lowest BCUT2D eigenvalue weighted by atomic mass is 9.61. The lowest BCUT2D eigenvalue weighted by Gasteiger charge is -2.49. The van der Waals surface area contributed by atoms with Gasteiger partial charge in [-0.15, -0.1) is 0 Å². The Morgan fingerprint density at radius 1 is 0.268 bits per heavy atom. The molecule has 1 aromatic heterocycles. The van der Waals surface area contributed by atoms with Crippen molar-refractivity contribution in [2.24, 2.45) is 0 Å². The van der Waals surface area contributed by atoms with Gasteiger partial charge in [0.1, 0.15) is 17.2 Å². The molecule has 0 fully saturated rings. The van der Waals surface area contributed by atoms with Gasteiger partial charge in [-0.1, -0.05) is 206 Å². The van der Waals surface area contributed by atoms with Crippen LogP contribution in [0.3, 0.4) is 0 Å². The van der Waals surface area contributed by atoms with Crippen LogP contribution in [0.25, 0.3) is 45.3 Å². The third kappa shape index (κ3) is 5.39. The molecule has 0 radical (unpaired) electrons. The van der Waals surface area contributed by atoms with E-state index in [4.69, 9.17) is 24.4 Å². The summed E-state index contributed by atoms with van der Waals surface area (Å²) >= 11 is 0. The Kier molecular flexibility index (Phi) is 8.39. The quantitative estimate of drug-likeness (QED) is 0.175. The largest absolute Gasteiger partial charge is 0.457 e. The second-order valence-corrected chi connectivity index (χ2v) is 18.5. The van der Waals surface area contributed by atoms with Crippen LogP contribution in [0, 0.1) is 0 Å². The molecule has 0 unspecified atom stereocenters. The third-order valence-corrected chi connectivity index (χ3v) is 15.1. The predicted molar refractivity (Wildman–Crippen MR) is 280 cm³/mol. The molecule has 332 valence electrons. The van der Waals surface area contributed by atoms with Crippen molar-refractivity contribution in [3.05, 3.63) is 287 Å². The van der Waals surface area contributed by atoms with Crippen molar-refractivity contribution in [2.45, 2.75) is 10.8 Å². The molecule has 6 nitrogen and oxygen atoms in total. The van der Waals surface area contributed by atoms with E-state index >= 15 is 0 Å². The maximum atomic E-state index is 7.77. The summed E-state index contributed by atoms with van der Waals surface area (Å²) in [6.07, 6.45) is 0. The maximum Gasteiger partial charge on any atom is 0.167 e. The van der Waals surface area contributed by atoms with Crippen LogP contribution in [0.4, 0.5) is 17.1 Å². The lowest BCUT2D eigenvalue weighted by Crippen LogP contribution is -2.40. The molecule has 71 heavy (non-hydrogen) atoms. The SMILES string of the molecule is c1ccc(-c2nc(-c3ccccc3)nc(-c3cccc4c3Oc3c(N5c6ccccc6C6(c7ccccc7Oc7ccccc76)c6ccccc65)cccc3C43c4ccccc4-c4ccccc43)n2)cc1. The van der Waals surface area contributed by atoms with Crippen LogP contribution in [0.15, 0.2) is 243 Å². The van der Waals surface area contributed by atoms with Gasteiger partial charge in [-0.2, -0.15) is 0 Å². The average Bonchev–Trinajstić information content (AvgIpc) is 3.73. The van der Waals surface area contributed by atoms with Crippen LogP contribution in [-0.4, -0.2) is 15.0 Å². The molecule has 2 spiro atoms. The Bertz CT molecular complexity index is 3780. The minimum absolute atomic E-state index is 0.526. The second-order valence-electron chi connectivity index (χ2n) is 18.5. The van der Waals surface area contributed by atoms with Crippen molar-refractivity contribution < 1.29 is 9.47 Å². The van der Waals surface area contributed by atoms with E-state index in [1.807, 2.05) is 60.7 Å². The molecule has 4 aliphatic rings. The smallest absolute Gasteiger partial charge is 0.167 e. The van der Waals surface area contributed by atoms with Crippen LogP contribution < -0.4 is 14.4 Å². The van der Waals surface area contributed by atoms with Crippen LogP contribution in [-0.2, 0) is 10.8 Å². The molecule has 0 amide bonds. The molecule has 1 aliphatic carbocycles. The predicted octanol–water partition coefficient (Wildman–Crippen LogP) is 15.6. The van der Waals surface area contributed by atoms with Gasteiger partial charge >= 0.3 is 0 Å². The number of ether oxygens (including phenoxy) is 2. The number of nitrogens with zero attached hydrogens (tertiary/aromatic N) is 4. The Morgan fingerprint density at radius 3 is 1.21 bits per heavy atom. The second kappa shape index (κ2) is 15.1. The fourth-order valence-corrected chi connectivity index (χ4v) is 12.3. The van der Waals surface area contributed by atoms with Crippen molar-refractivity contribution in [3.63, 3.8) is 0 Å². The molecule has 3 aliphatic heterocycles. The van der Waals surface area contributed by atoms with E-state index < -0.39 is 10.8 Å². The van der Waals surface area contributed by atoms with E-state index in [1.165, 1.54) is 22.3 Å². The van der Waals surface area contributed by atoms with E-state index in [1.54, 1.807) is 0 Å². The highest BCUT2D eigenvalue weighted by Gasteiger charge is 2.54. The minimum atomic E-state index is -0.783. The average molecular weight is 909 g/mol. The molecule has 10 aromatic carbocycles. The summed E-state index contributed by atoms with van der Waals surface area (Å²) in [7, 11) is 0. The summed E-state index contributed by atoms with van der Waals surface area (Å²) in [5, 5.41) is 0. The molecular weight excluding hydrogens is 869 g/mol. The van der Waals surface area contributed by atoms with Gasteiger partial charge in [0.25, 0.3) is 0 Å². The minimum Gasteiger partial charge on any atom is -0.457 e. The van der Waals surface area contributed by atoms with Crippen molar-refractivity contribution in [3.8, 4) is 68.3 Å². The number of fused-ring (bicyclic) bond motifs is 17. The first-order valence-corrected chi connectivity index (χ1v) is 24.1. The van der Waals surface area contributed by atoms with Gasteiger partial charge in [0.05, 0.1) is 33.5 Å². The van der Waals surface area contributed by atoms with Crippen LogP contribution in [0.2, 0.25) is 0 Å². The van der Waals surface area contributed by atoms with Gasteiger partial charge < -0.3 is 14.4 Å². The topological polar surface area (TPSA) is 60.4 Å². The number of hydrogen-bond donors (Lipinski definition) is 0. The number of rotatable bonds is 4. The molecule has 4 heterocycles. The Labute approximate surface area is 410 Å². The normalized spacial score (nSPS) is 14.3. The fourth-order valence-electron chi connectivity index (χ4n) is 12.3. The summed E-state index contributed by atoms with van der Waals surface area (Å²) in [4.78, 5) is 18.1. The van der Waals surface area contributed by atoms with Gasteiger partial charge in [0, 0.05) is 33.4 Å². The molecule has 15 rings (SSSR count). The number of para-hydroxylation sites is 6. The zero-order valence-electron chi connectivity index (χ0n) is 38.2. The number of benzene rings is 10. The lowest BCUT2D eigenvalue weighted by molar-refractivity contribution is 0.433. The summed E-state index contributed by atoms with van der Waals surface area (Å²) in [5.41, 5.74) is 15.5. The van der Waals surface area contributed by atoms with Gasteiger partial charge in [-0.3, -0.25) is 0 Å². The molecule has 0 bridgehead atoms. The van der Waals surface area contributed by atoms with Gasteiger partial charge in [-0.05, 0) is 69.8 Å². The van der Waals surface area contributed by atoms with E-state index in [0.29, 0.717) is 23.2 Å². The highest BCUT2D eigenvalue weighted by molar-refractivity contribution is 5.96. The Balaban J connectivity index is 1.03.